The molecule has 3 heterocycles. The summed E-state index contributed by atoms with van der Waals surface area (Å²) in [7, 11) is 0. The van der Waals surface area contributed by atoms with Gasteiger partial charge in [-0.25, -0.2) is 9.89 Å². The largest absolute Gasteiger partial charge is 0.364 e. The molecule has 1 aliphatic heterocycles. The van der Waals surface area contributed by atoms with Crippen LogP contribution in [0.15, 0.2) is 16.9 Å². The minimum atomic E-state index is -0.305. The van der Waals surface area contributed by atoms with Crippen LogP contribution in [-0.2, 0) is 0 Å². The van der Waals surface area contributed by atoms with Crippen molar-refractivity contribution in [2.75, 3.05) is 18.0 Å². The molecule has 0 aliphatic carbocycles. The van der Waals surface area contributed by atoms with Crippen LogP contribution < -0.4 is 10.6 Å². The first kappa shape index (κ1) is 12.5. The molecule has 0 spiro atoms. The fraction of sp³-hybridized carbons (Fsp3) is 0.583. The Kier molecular flexibility index (Phi) is 3.18. The van der Waals surface area contributed by atoms with Gasteiger partial charge in [-0.3, -0.25) is 0 Å². The van der Waals surface area contributed by atoms with Crippen molar-refractivity contribution in [3.63, 3.8) is 0 Å². The first-order valence-corrected chi connectivity index (χ1v) is 6.92. The van der Waals surface area contributed by atoms with Crippen LogP contribution in [0, 0.1) is 5.92 Å². The van der Waals surface area contributed by atoms with Crippen LogP contribution in [-0.4, -0.2) is 38.3 Å². The Bertz CT molecular complexity index is 626. The van der Waals surface area contributed by atoms with Gasteiger partial charge >= 0.3 is 5.69 Å². The van der Waals surface area contributed by atoms with E-state index in [0.29, 0.717) is 11.6 Å². The minimum Gasteiger partial charge on any atom is -0.355 e. The average Bonchev–Trinajstić information content (AvgIpc) is 2.80. The van der Waals surface area contributed by atoms with Gasteiger partial charge in [-0.2, -0.15) is 9.61 Å². The molecule has 0 radical (unpaired) electrons. The molecule has 3 rings (SSSR count). The predicted octanol–water partition coefficient (Wildman–Crippen LogP) is 1.26. The Hall–Kier alpha value is -1.56. The van der Waals surface area contributed by atoms with E-state index in [2.05, 4.69) is 27.1 Å². The maximum atomic E-state index is 11.5. The van der Waals surface area contributed by atoms with E-state index in [1.165, 1.54) is 4.52 Å². The molecule has 102 valence electrons. The predicted molar refractivity (Wildman–Crippen MR) is 73.9 cm³/mol. The van der Waals surface area contributed by atoms with Gasteiger partial charge in [0.15, 0.2) is 5.65 Å². The number of H-pyrrole nitrogens is 1. The number of alkyl halides is 1. The van der Waals surface area contributed by atoms with Gasteiger partial charge in [-0.05, 0) is 37.8 Å². The maximum absolute atomic E-state index is 11.5. The molecular formula is C12H16ClN5O. The zero-order valence-corrected chi connectivity index (χ0v) is 11.5. The third kappa shape index (κ3) is 2.32. The highest BCUT2D eigenvalue weighted by atomic mass is 35.5. The highest BCUT2D eigenvalue weighted by Crippen LogP contribution is 2.26. The fourth-order valence-electron chi connectivity index (χ4n) is 2.55. The number of nitrogens with zero attached hydrogens (tertiary/aromatic N) is 4. The summed E-state index contributed by atoms with van der Waals surface area (Å²) in [5.74, 6) is 1.38. The van der Waals surface area contributed by atoms with Crippen molar-refractivity contribution >= 4 is 23.1 Å². The van der Waals surface area contributed by atoms with Gasteiger partial charge in [0.1, 0.15) is 5.82 Å². The SMILES string of the molecule is CC(Cl)C1CCN(c2ccc3n[nH]c(=O)n3n2)CC1. The van der Waals surface area contributed by atoms with Gasteiger partial charge in [-0.1, -0.05) is 0 Å². The number of piperidine rings is 1. The number of hydrogen-bond acceptors (Lipinski definition) is 4. The molecule has 1 fully saturated rings. The quantitative estimate of drug-likeness (QED) is 0.842. The molecule has 6 nitrogen and oxygen atoms in total. The van der Waals surface area contributed by atoms with Gasteiger partial charge in [0, 0.05) is 18.5 Å². The molecule has 1 N–H and O–H groups in total. The normalized spacial score (nSPS) is 18.9. The van der Waals surface area contributed by atoms with E-state index in [-0.39, 0.29) is 11.1 Å². The number of fused-ring (bicyclic) bond motifs is 1. The monoisotopic (exact) mass is 281 g/mol. The van der Waals surface area contributed by atoms with Crippen LogP contribution in [0.25, 0.3) is 5.65 Å². The summed E-state index contributed by atoms with van der Waals surface area (Å²) >= 11 is 6.14. The maximum Gasteiger partial charge on any atom is 0.364 e. The van der Waals surface area contributed by atoms with Crippen molar-refractivity contribution < 1.29 is 0 Å². The second kappa shape index (κ2) is 4.85. The van der Waals surface area contributed by atoms with E-state index in [0.717, 1.165) is 31.7 Å². The number of rotatable bonds is 2. The molecule has 0 saturated carbocycles. The van der Waals surface area contributed by atoms with Crippen molar-refractivity contribution in [3.05, 3.63) is 22.6 Å². The van der Waals surface area contributed by atoms with Crippen LogP contribution >= 0.6 is 11.6 Å². The summed E-state index contributed by atoms with van der Waals surface area (Å²) in [6.45, 7) is 3.90. The number of hydrogen-bond donors (Lipinski definition) is 1. The van der Waals surface area contributed by atoms with Gasteiger partial charge < -0.3 is 4.90 Å². The van der Waals surface area contributed by atoms with Crippen molar-refractivity contribution in [2.45, 2.75) is 25.1 Å². The molecule has 1 saturated heterocycles. The standard InChI is InChI=1S/C12H16ClN5O/c1-8(13)9-4-6-17(7-5-9)11-3-2-10-14-15-12(19)18(10)16-11/h2-3,8-9H,4-7H2,1H3,(H,15,19). The summed E-state index contributed by atoms with van der Waals surface area (Å²) in [4.78, 5) is 13.7. The second-order valence-electron chi connectivity index (χ2n) is 4.99. The van der Waals surface area contributed by atoms with Crippen LogP contribution in [0.1, 0.15) is 19.8 Å². The topological polar surface area (TPSA) is 66.3 Å². The summed E-state index contributed by atoms with van der Waals surface area (Å²) in [6.07, 6.45) is 2.12. The van der Waals surface area contributed by atoms with E-state index in [1.807, 2.05) is 6.07 Å². The Balaban J connectivity index is 1.81. The first-order valence-electron chi connectivity index (χ1n) is 6.48. The lowest BCUT2D eigenvalue weighted by Gasteiger charge is -2.33. The van der Waals surface area contributed by atoms with Crippen LogP contribution in [0.3, 0.4) is 0 Å². The van der Waals surface area contributed by atoms with E-state index in [1.54, 1.807) is 6.07 Å². The Morgan fingerprint density at radius 1 is 1.42 bits per heavy atom. The van der Waals surface area contributed by atoms with Gasteiger partial charge in [-0.15, -0.1) is 16.7 Å². The lowest BCUT2D eigenvalue weighted by Crippen LogP contribution is -2.36. The summed E-state index contributed by atoms with van der Waals surface area (Å²) in [5, 5.41) is 10.8. The van der Waals surface area contributed by atoms with E-state index in [4.69, 9.17) is 11.6 Å². The number of halogens is 1. The third-order valence-electron chi connectivity index (χ3n) is 3.77. The number of nitrogens with one attached hydrogen (secondary N) is 1. The summed E-state index contributed by atoms with van der Waals surface area (Å²) in [6, 6.07) is 3.70. The van der Waals surface area contributed by atoms with E-state index >= 15 is 0 Å². The average molecular weight is 282 g/mol. The van der Waals surface area contributed by atoms with Crippen molar-refractivity contribution in [1.29, 1.82) is 0 Å². The highest BCUT2D eigenvalue weighted by molar-refractivity contribution is 6.20. The highest BCUT2D eigenvalue weighted by Gasteiger charge is 2.23. The third-order valence-corrected chi connectivity index (χ3v) is 4.13. The van der Waals surface area contributed by atoms with Crippen LogP contribution in [0.2, 0.25) is 0 Å². The van der Waals surface area contributed by atoms with Crippen LogP contribution in [0.5, 0.6) is 0 Å². The molecule has 0 amide bonds. The molecule has 1 atom stereocenters. The lowest BCUT2D eigenvalue weighted by atomic mass is 9.94. The minimum absolute atomic E-state index is 0.217. The molecule has 19 heavy (non-hydrogen) atoms. The second-order valence-corrected chi connectivity index (χ2v) is 5.68. The zero-order valence-electron chi connectivity index (χ0n) is 10.7. The van der Waals surface area contributed by atoms with Crippen molar-refractivity contribution in [3.8, 4) is 0 Å². The van der Waals surface area contributed by atoms with Crippen molar-refractivity contribution in [1.82, 2.24) is 19.8 Å². The smallest absolute Gasteiger partial charge is 0.355 e. The van der Waals surface area contributed by atoms with Crippen LogP contribution in [0.4, 0.5) is 5.82 Å². The first-order chi connectivity index (χ1) is 9.15. The molecule has 0 aromatic carbocycles. The number of aromatic nitrogens is 4. The van der Waals surface area contributed by atoms with E-state index < -0.39 is 0 Å². The summed E-state index contributed by atoms with van der Waals surface area (Å²) in [5.41, 5.74) is 0.235. The molecule has 1 unspecified atom stereocenters. The van der Waals surface area contributed by atoms with Gasteiger partial charge in [0.2, 0.25) is 0 Å². The lowest BCUT2D eigenvalue weighted by molar-refractivity contribution is 0.398. The molecule has 7 heteroatoms. The molecule has 2 aromatic heterocycles. The Morgan fingerprint density at radius 2 is 2.16 bits per heavy atom. The van der Waals surface area contributed by atoms with Crippen molar-refractivity contribution in [2.24, 2.45) is 5.92 Å². The van der Waals surface area contributed by atoms with Gasteiger partial charge in [0.05, 0.1) is 0 Å². The Labute approximate surface area is 115 Å². The molecule has 2 aromatic rings. The zero-order chi connectivity index (χ0) is 13.4. The fourth-order valence-corrected chi connectivity index (χ4v) is 2.80. The van der Waals surface area contributed by atoms with E-state index in [9.17, 15) is 4.79 Å². The van der Waals surface area contributed by atoms with Gasteiger partial charge in [0.25, 0.3) is 0 Å². The molecule has 0 bridgehead atoms. The Morgan fingerprint density at radius 3 is 2.84 bits per heavy atom. The number of anilines is 1. The molecular weight excluding hydrogens is 266 g/mol. The number of aromatic amines is 1. The molecule has 1 aliphatic rings. The summed E-state index contributed by atoms with van der Waals surface area (Å²) < 4.78 is 1.30.